The number of fused-ring (bicyclic) bond motifs is 1. The summed E-state index contributed by atoms with van der Waals surface area (Å²) in [5.74, 6) is 0.252. The lowest BCUT2D eigenvalue weighted by Crippen LogP contribution is -2.53. The number of amidine groups is 1. The number of allylic oxidation sites excluding steroid dienone is 2. The number of carbonyl (C=O) groups is 2. The first-order valence-electron chi connectivity index (χ1n) is 8.30. The van der Waals surface area contributed by atoms with E-state index in [0.717, 1.165) is 0 Å². The van der Waals surface area contributed by atoms with Gasteiger partial charge in [0.15, 0.2) is 0 Å². The highest BCUT2D eigenvalue weighted by atomic mass is 19.1. The Kier molecular flexibility index (Phi) is 4.88. The molecule has 0 saturated heterocycles. The van der Waals surface area contributed by atoms with E-state index in [1.807, 2.05) is 0 Å². The van der Waals surface area contributed by atoms with E-state index in [4.69, 9.17) is 4.74 Å². The van der Waals surface area contributed by atoms with Gasteiger partial charge in [-0.25, -0.2) is 4.39 Å². The summed E-state index contributed by atoms with van der Waals surface area (Å²) in [4.78, 5) is 32.6. The molecule has 2 aliphatic rings. The average Bonchev–Trinajstić information content (AvgIpc) is 2.62. The Morgan fingerprint density at radius 1 is 1.35 bits per heavy atom. The molecule has 3 rings (SSSR count). The van der Waals surface area contributed by atoms with Gasteiger partial charge in [0, 0.05) is 13.2 Å². The van der Waals surface area contributed by atoms with Crippen molar-refractivity contribution in [2.45, 2.75) is 18.9 Å². The molecule has 136 valence electrons. The molecule has 1 aromatic carbocycles. The van der Waals surface area contributed by atoms with E-state index in [1.165, 1.54) is 34.1 Å². The fourth-order valence-corrected chi connectivity index (χ4v) is 2.88. The first kappa shape index (κ1) is 17.8. The number of aliphatic imine (C=N–C) groups is 1. The number of ether oxygens (including phenoxy) is 1. The molecule has 2 aliphatic heterocycles. The highest BCUT2D eigenvalue weighted by Crippen LogP contribution is 2.27. The summed E-state index contributed by atoms with van der Waals surface area (Å²) in [5, 5.41) is 0. The quantitative estimate of drug-likeness (QED) is 0.811. The number of carbonyl (C=O) groups excluding carboxylic acids is 2. The summed E-state index contributed by atoms with van der Waals surface area (Å²) >= 11 is 0. The van der Waals surface area contributed by atoms with Crippen molar-refractivity contribution in [1.29, 1.82) is 0 Å². The van der Waals surface area contributed by atoms with Crippen molar-refractivity contribution < 1.29 is 18.7 Å². The standard InChI is InChI=1S/C19H20FN3O3/c1-19(13-17(24)23-10-4-3-5-16(23)21-19)18(25)22(2)11-12-26-15-8-6-14(20)7-9-15/h3-10H,11-13H2,1-2H3/t19-/m1/s1. The second kappa shape index (κ2) is 7.11. The van der Waals surface area contributed by atoms with Gasteiger partial charge < -0.3 is 9.64 Å². The van der Waals surface area contributed by atoms with Gasteiger partial charge in [-0.3, -0.25) is 19.5 Å². The van der Waals surface area contributed by atoms with Crippen LogP contribution in [0.15, 0.2) is 53.7 Å². The summed E-state index contributed by atoms with van der Waals surface area (Å²) in [6.45, 7) is 2.24. The van der Waals surface area contributed by atoms with E-state index < -0.39 is 5.54 Å². The van der Waals surface area contributed by atoms with Crippen molar-refractivity contribution in [2.75, 3.05) is 20.2 Å². The van der Waals surface area contributed by atoms with Crippen LogP contribution in [0.5, 0.6) is 5.75 Å². The Labute approximate surface area is 151 Å². The fraction of sp³-hybridized carbons (Fsp3) is 0.316. The largest absolute Gasteiger partial charge is 0.492 e. The topological polar surface area (TPSA) is 62.2 Å². The molecule has 7 heteroatoms. The highest BCUT2D eigenvalue weighted by molar-refractivity contribution is 6.11. The predicted molar refractivity (Wildman–Crippen MR) is 95.1 cm³/mol. The third kappa shape index (κ3) is 3.66. The molecule has 0 unspecified atom stereocenters. The van der Waals surface area contributed by atoms with Gasteiger partial charge in [0.2, 0.25) is 5.91 Å². The Balaban J connectivity index is 1.62. The number of halogens is 1. The molecule has 6 nitrogen and oxygen atoms in total. The predicted octanol–water partition coefficient (Wildman–Crippen LogP) is 2.14. The Morgan fingerprint density at radius 3 is 2.81 bits per heavy atom. The van der Waals surface area contributed by atoms with E-state index in [2.05, 4.69) is 4.99 Å². The van der Waals surface area contributed by atoms with Gasteiger partial charge in [-0.05, 0) is 43.3 Å². The molecule has 0 saturated carbocycles. The van der Waals surface area contributed by atoms with E-state index in [9.17, 15) is 14.0 Å². The van der Waals surface area contributed by atoms with Crippen LogP contribution in [0, 0.1) is 5.82 Å². The van der Waals surface area contributed by atoms with Crippen molar-refractivity contribution in [2.24, 2.45) is 4.99 Å². The molecule has 0 N–H and O–H groups in total. The Hall–Kier alpha value is -2.96. The van der Waals surface area contributed by atoms with Crippen LogP contribution in [0.1, 0.15) is 13.3 Å². The molecular formula is C19H20FN3O3. The molecule has 1 aromatic rings. The van der Waals surface area contributed by atoms with Gasteiger partial charge in [0.25, 0.3) is 5.91 Å². The SMILES string of the molecule is CN(CCOc1ccc(F)cc1)C(=O)[C@@]1(C)CC(=O)N2C=CC=CC2=N1. The zero-order valence-electron chi connectivity index (χ0n) is 14.7. The fourth-order valence-electron chi connectivity index (χ4n) is 2.88. The number of likely N-dealkylation sites (N-methyl/N-ethyl adjacent to an activating group) is 1. The minimum Gasteiger partial charge on any atom is -0.492 e. The first-order chi connectivity index (χ1) is 12.4. The van der Waals surface area contributed by atoms with Crippen LogP contribution in [0.25, 0.3) is 0 Å². The summed E-state index contributed by atoms with van der Waals surface area (Å²) in [5.41, 5.74) is -1.14. The molecule has 2 amide bonds. The van der Waals surface area contributed by atoms with Crippen LogP contribution in [0.4, 0.5) is 4.39 Å². The van der Waals surface area contributed by atoms with Crippen molar-refractivity contribution in [3.8, 4) is 5.75 Å². The maximum atomic E-state index is 12.9. The molecule has 1 atom stereocenters. The number of nitrogens with zero attached hydrogens (tertiary/aromatic N) is 3. The Bertz CT molecular complexity index is 801. The van der Waals surface area contributed by atoms with Gasteiger partial charge in [-0.2, -0.15) is 0 Å². The van der Waals surface area contributed by atoms with Gasteiger partial charge >= 0.3 is 0 Å². The van der Waals surface area contributed by atoms with Crippen molar-refractivity contribution in [3.63, 3.8) is 0 Å². The molecule has 26 heavy (non-hydrogen) atoms. The first-order valence-corrected chi connectivity index (χ1v) is 8.30. The second-order valence-electron chi connectivity index (χ2n) is 6.41. The molecule has 0 bridgehead atoms. The van der Waals surface area contributed by atoms with Crippen molar-refractivity contribution in [1.82, 2.24) is 9.80 Å². The molecule has 0 spiro atoms. The third-order valence-electron chi connectivity index (χ3n) is 4.28. The van der Waals surface area contributed by atoms with Crippen LogP contribution in [-0.4, -0.2) is 53.2 Å². The third-order valence-corrected chi connectivity index (χ3v) is 4.28. The minimum absolute atomic E-state index is 0.0106. The lowest BCUT2D eigenvalue weighted by atomic mass is 9.93. The lowest BCUT2D eigenvalue weighted by molar-refractivity contribution is -0.140. The molecular weight excluding hydrogens is 337 g/mol. The van der Waals surface area contributed by atoms with Crippen LogP contribution < -0.4 is 4.74 Å². The molecule has 0 radical (unpaired) electrons. The normalized spacial score (nSPS) is 21.3. The second-order valence-corrected chi connectivity index (χ2v) is 6.41. The lowest BCUT2D eigenvalue weighted by Gasteiger charge is -2.36. The molecule has 0 aliphatic carbocycles. The monoisotopic (exact) mass is 357 g/mol. The van der Waals surface area contributed by atoms with Crippen LogP contribution in [0.2, 0.25) is 0 Å². The van der Waals surface area contributed by atoms with Crippen LogP contribution in [-0.2, 0) is 9.59 Å². The van der Waals surface area contributed by atoms with Crippen molar-refractivity contribution >= 4 is 17.6 Å². The molecule has 0 aromatic heterocycles. The number of hydrogen-bond acceptors (Lipinski definition) is 4. The minimum atomic E-state index is -1.14. The number of rotatable bonds is 5. The number of benzene rings is 1. The zero-order valence-corrected chi connectivity index (χ0v) is 14.7. The van der Waals surface area contributed by atoms with Crippen LogP contribution in [0.3, 0.4) is 0 Å². The van der Waals surface area contributed by atoms with E-state index in [1.54, 1.807) is 38.4 Å². The van der Waals surface area contributed by atoms with Gasteiger partial charge in [-0.1, -0.05) is 6.08 Å². The van der Waals surface area contributed by atoms with Crippen molar-refractivity contribution in [3.05, 3.63) is 54.5 Å². The number of hydrogen-bond donors (Lipinski definition) is 0. The van der Waals surface area contributed by atoms with E-state index >= 15 is 0 Å². The molecule has 2 heterocycles. The van der Waals surface area contributed by atoms with E-state index in [0.29, 0.717) is 18.1 Å². The smallest absolute Gasteiger partial charge is 0.250 e. The molecule has 0 fully saturated rings. The average molecular weight is 357 g/mol. The maximum absolute atomic E-state index is 12.9. The Morgan fingerprint density at radius 2 is 2.08 bits per heavy atom. The summed E-state index contributed by atoms with van der Waals surface area (Å²) in [6.07, 6.45) is 6.89. The number of amides is 2. The van der Waals surface area contributed by atoms with Gasteiger partial charge in [0.05, 0.1) is 13.0 Å². The zero-order chi connectivity index (χ0) is 18.7. The van der Waals surface area contributed by atoms with Gasteiger partial charge in [-0.15, -0.1) is 0 Å². The maximum Gasteiger partial charge on any atom is 0.250 e. The van der Waals surface area contributed by atoms with E-state index in [-0.39, 0.29) is 30.7 Å². The van der Waals surface area contributed by atoms with Gasteiger partial charge in [0.1, 0.15) is 29.5 Å². The summed E-state index contributed by atoms with van der Waals surface area (Å²) < 4.78 is 18.4. The van der Waals surface area contributed by atoms with Crippen LogP contribution >= 0.6 is 0 Å². The summed E-state index contributed by atoms with van der Waals surface area (Å²) in [6, 6.07) is 5.68. The summed E-state index contributed by atoms with van der Waals surface area (Å²) in [7, 11) is 1.65. The highest BCUT2D eigenvalue weighted by Gasteiger charge is 2.43.